The second-order valence-electron chi connectivity index (χ2n) is 7.59. The monoisotopic (exact) mass is 499 g/mol. The van der Waals surface area contributed by atoms with E-state index in [9.17, 15) is 14.4 Å². The lowest BCUT2D eigenvalue weighted by molar-refractivity contribution is -0.119. The van der Waals surface area contributed by atoms with E-state index < -0.39 is 18.5 Å². The van der Waals surface area contributed by atoms with Crippen LogP contribution in [-0.2, 0) is 20.9 Å². The summed E-state index contributed by atoms with van der Waals surface area (Å²) in [6.07, 6.45) is 1.34. The molecule has 0 saturated carbocycles. The number of aromatic nitrogens is 1. The molecule has 10 heteroatoms. The standard InChI is InChI=1S/C24H22ClN3O5S/c1-15-23(34-21(26-15)14-32-19-9-7-16(25)8-10-19)24(31)33-13-20(29)27-17-4-2-5-18(12-17)28-11-3-6-22(28)30/h2,4-5,7-10,12H,3,6,11,13-14H2,1H3,(H,27,29). The Hall–Kier alpha value is -3.43. The van der Waals surface area contributed by atoms with Crippen LogP contribution in [0.25, 0.3) is 0 Å². The summed E-state index contributed by atoms with van der Waals surface area (Å²) in [6, 6.07) is 14.0. The minimum absolute atomic E-state index is 0.0651. The molecule has 0 bridgehead atoms. The van der Waals surface area contributed by atoms with Gasteiger partial charge in [0.25, 0.3) is 5.91 Å². The number of nitrogens with zero attached hydrogens (tertiary/aromatic N) is 2. The van der Waals surface area contributed by atoms with Gasteiger partial charge >= 0.3 is 5.97 Å². The van der Waals surface area contributed by atoms with E-state index in [1.54, 1.807) is 54.3 Å². The quantitative estimate of drug-likeness (QED) is 0.455. The van der Waals surface area contributed by atoms with Gasteiger partial charge in [0.1, 0.15) is 22.2 Å². The molecule has 1 aliphatic rings. The van der Waals surface area contributed by atoms with E-state index in [0.717, 1.165) is 23.4 Å². The lowest BCUT2D eigenvalue weighted by Crippen LogP contribution is -2.24. The van der Waals surface area contributed by atoms with Crippen molar-refractivity contribution in [1.82, 2.24) is 4.98 Å². The second-order valence-corrected chi connectivity index (χ2v) is 9.11. The zero-order chi connectivity index (χ0) is 24.1. The first-order valence-corrected chi connectivity index (χ1v) is 11.8. The summed E-state index contributed by atoms with van der Waals surface area (Å²) in [4.78, 5) is 43.1. The zero-order valence-electron chi connectivity index (χ0n) is 18.4. The summed E-state index contributed by atoms with van der Waals surface area (Å²) in [5.41, 5.74) is 1.76. The molecular formula is C24H22ClN3O5S. The van der Waals surface area contributed by atoms with Crippen molar-refractivity contribution in [2.45, 2.75) is 26.4 Å². The average Bonchev–Trinajstić information content (AvgIpc) is 3.42. The summed E-state index contributed by atoms with van der Waals surface area (Å²) >= 11 is 7.02. The third-order valence-electron chi connectivity index (χ3n) is 5.05. The maximum Gasteiger partial charge on any atom is 0.350 e. The summed E-state index contributed by atoms with van der Waals surface area (Å²) < 4.78 is 10.8. The Kier molecular flexibility index (Phi) is 7.44. The first kappa shape index (κ1) is 23.7. The number of hydrogen-bond donors (Lipinski definition) is 1. The molecule has 4 rings (SSSR count). The first-order valence-electron chi connectivity index (χ1n) is 10.6. The fraction of sp³-hybridized carbons (Fsp3) is 0.250. The third-order valence-corrected chi connectivity index (χ3v) is 6.41. The molecule has 0 spiro atoms. The van der Waals surface area contributed by atoms with Gasteiger partial charge in [-0.3, -0.25) is 9.59 Å². The Labute approximate surface area is 205 Å². The Balaban J connectivity index is 1.29. The number of rotatable bonds is 8. The highest BCUT2D eigenvalue weighted by atomic mass is 35.5. The second kappa shape index (κ2) is 10.7. The summed E-state index contributed by atoms with van der Waals surface area (Å²) in [5.74, 6) is -0.405. The predicted octanol–water partition coefficient (Wildman–Crippen LogP) is 4.61. The molecule has 0 radical (unpaired) electrons. The molecule has 0 unspecified atom stereocenters. The molecule has 1 aromatic heterocycles. The minimum atomic E-state index is -0.626. The van der Waals surface area contributed by atoms with Crippen molar-refractivity contribution in [3.05, 3.63) is 69.1 Å². The molecule has 3 aromatic rings. The maximum absolute atomic E-state index is 12.5. The van der Waals surface area contributed by atoms with Crippen molar-refractivity contribution >= 4 is 52.1 Å². The first-order chi connectivity index (χ1) is 16.4. The normalized spacial score (nSPS) is 13.1. The van der Waals surface area contributed by atoms with Crippen LogP contribution in [0, 0.1) is 6.92 Å². The van der Waals surface area contributed by atoms with Gasteiger partial charge in [-0.1, -0.05) is 17.7 Å². The van der Waals surface area contributed by atoms with E-state index in [0.29, 0.717) is 45.0 Å². The molecule has 0 aliphatic carbocycles. The van der Waals surface area contributed by atoms with Crippen molar-refractivity contribution < 1.29 is 23.9 Å². The van der Waals surface area contributed by atoms with Gasteiger partial charge in [-0.05, 0) is 55.8 Å². The molecule has 1 N–H and O–H groups in total. The number of anilines is 2. The topological polar surface area (TPSA) is 97.8 Å². The van der Waals surface area contributed by atoms with Crippen LogP contribution >= 0.6 is 22.9 Å². The highest BCUT2D eigenvalue weighted by Gasteiger charge is 2.22. The van der Waals surface area contributed by atoms with Crippen LogP contribution in [0.2, 0.25) is 5.02 Å². The molecule has 2 heterocycles. The van der Waals surface area contributed by atoms with Gasteiger partial charge in [0, 0.05) is 29.4 Å². The third kappa shape index (κ3) is 5.92. The van der Waals surface area contributed by atoms with Gasteiger partial charge in [-0.25, -0.2) is 9.78 Å². The van der Waals surface area contributed by atoms with E-state index in [4.69, 9.17) is 21.1 Å². The van der Waals surface area contributed by atoms with Crippen LogP contribution in [0.15, 0.2) is 48.5 Å². The number of halogens is 1. The molecular weight excluding hydrogens is 478 g/mol. The van der Waals surface area contributed by atoms with E-state index >= 15 is 0 Å². The lowest BCUT2D eigenvalue weighted by atomic mass is 10.2. The van der Waals surface area contributed by atoms with Crippen LogP contribution in [0.4, 0.5) is 11.4 Å². The highest BCUT2D eigenvalue weighted by Crippen LogP contribution is 2.25. The van der Waals surface area contributed by atoms with Crippen molar-refractivity contribution in [3.63, 3.8) is 0 Å². The van der Waals surface area contributed by atoms with Crippen LogP contribution in [0.5, 0.6) is 5.75 Å². The van der Waals surface area contributed by atoms with Crippen molar-refractivity contribution in [3.8, 4) is 5.75 Å². The van der Waals surface area contributed by atoms with Crippen molar-refractivity contribution in [1.29, 1.82) is 0 Å². The number of amides is 2. The van der Waals surface area contributed by atoms with Gasteiger partial charge in [0.2, 0.25) is 5.91 Å². The highest BCUT2D eigenvalue weighted by molar-refractivity contribution is 7.13. The minimum Gasteiger partial charge on any atom is -0.486 e. The van der Waals surface area contributed by atoms with Gasteiger partial charge in [-0.2, -0.15) is 0 Å². The van der Waals surface area contributed by atoms with Crippen LogP contribution in [0.3, 0.4) is 0 Å². The van der Waals surface area contributed by atoms with Crippen LogP contribution in [-0.4, -0.2) is 35.9 Å². The number of thiazole rings is 1. The summed E-state index contributed by atoms with van der Waals surface area (Å²) in [7, 11) is 0. The molecule has 1 fully saturated rings. The number of carbonyl (C=O) groups is 3. The number of aryl methyl sites for hydroxylation is 1. The summed E-state index contributed by atoms with van der Waals surface area (Å²) in [5, 5.41) is 3.91. The Bertz CT molecular complexity index is 1210. The van der Waals surface area contributed by atoms with Crippen molar-refractivity contribution in [2.75, 3.05) is 23.4 Å². The molecule has 8 nitrogen and oxygen atoms in total. The SMILES string of the molecule is Cc1nc(COc2ccc(Cl)cc2)sc1C(=O)OCC(=O)Nc1cccc(N2CCCC2=O)c1. The molecule has 1 aliphatic heterocycles. The Morgan fingerprint density at radius 2 is 2.00 bits per heavy atom. The molecule has 34 heavy (non-hydrogen) atoms. The largest absolute Gasteiger partial charge is 0.486 e. The number of carbonyl (C=O) groups excluding carboxylic acids is 3. The lowest BCUT2D eigenvalue weighted by Gasteiger charge is -2.16. The maximum atomic E-state index is 12.5. The van der Waals surface area contributed by atoms with E-state index in [1.807, 2.05) is 6.07 Å². The number of nitrogens with one attached hydrogen (secondary N) is 1. The van der Waals surface area contributed by atoms with Gasteiger partial charge in [-0.15, -0.1) is 11.3 Å². The predicted molar refractivity (Wildman–Crippen MR) is 130 cm³/mol. The molecule has 1 saturated heterocycles. The number of hydrogen-bond acceptors (Lipinski definition) is 7. The zero-order valence-corrected chi connectivity index (χ0v) is 19.9. The fourth-order valence-corrected chi connectivity index (χ4v) is 4.44. The summed E-state index contributed by atoms with van der Waals surface area (Å²) in [6.45, 7) is 2.11. The fourth-order valence-electron chi connectivity index (χ4n) is 3.45. The number of esters is 1. The van der Waals surface area contributed by atoms with Gasteiger partial charge in [0.15, 0.2) is 6.61 Å². The molecule has 176 valence electrons. The molecule has 2 aromatic carbocycles. The van der Waals surface area contributed by atoms with E-state index in [-0.39, 0.29) is 12.5 Å². The number of ether oxygens (including phenoxy) is 2. The van der Waals surface area contributed by atoms with Crippen molar-refractivity contribution in [2.24, 2.45) is 0 Å². The Morgan fingerprint density at radius 3 is 2.74 bits per heavy atom. The van der Waals surface area contributed by atoms with Crippen LogP contribution < -0.4 is 15.0 Å². The number of benzene rings is 2. The van der Waals surface area contributed by atoms with Crippen LogP contribution in [0.1, 0.15) is 33.2 Å². The van der Waals surface area contributed by atoms with E-state index in [1.165, 1.54) is 0 Å². The average molecular weight is 500 g/mol. The Morgan fingerprint density at radius 1 is 1.21 bits per heavy atom. The van der Waals surface area contributed by atoms with E-state index in [2.05, 4.69) is 10.3 Å². The molecule has 0 atom stereocenters. The smallest absolute Gasteiger partial charge is 0.350 e. The van der Waals surface area contributed by atoms with Gasteiger partial charge in [0.05, 0.1) is 5.69 Å². The molecule has 2 amide bonds. The van der Waals surface area contributed by atoms with Gasteiger partial charge < -0.3 is 19.7 Å².